The Hall–Kier alpha value is -1.88. The fraction of sp³-hybridized carbons (Fsp3) is 0.600. The second-order valence-electron chi connectivity index (χ2n) is 6.92. The van der Waals surface area contributed by atoms with Gasteiger partial charge in [0.05, 0.1) is 6.54 Å². The van der Waals surface area contributed by atoms with Crippen molar-refractivity contribution < 1.29 is 14.9 Å². The predicted molar refractivity (Wildman–Crippen MR) is 101 cm³/mol. The van der Waals surface area contributed by atoms with Gasteiger partial charge >= 0.3 is 0 Å². The van der Waals surface area contributed by atoms with Crippen LogP contribution in [0.15, 0.2) is 24.3 Å². The van der Waals surface area contributed by atoms with E-state index in [-0.39, 0.29) is 24.4 Å². The highest BCUT2D eigenvalue weighted by Gasteiger charge is 2.20. The highest BCUT2D eigenvalue weighted by Crippen LogP contribution is 2.22. The fourth-order valence-electron chi connectivity index (χ4n) is 2.82. The summed E-state index contributed by atoms with van der Waals surface area (Å²) in [6, 6.07) is 8.97. The van der Waals surface area contributed by atoms with E-state index in [1.54, 1.807) is 0 Å². The molecule has 0 aromatic heterocycles. The van der Waals surface area contributed by atoms with Crippen LogP contribution in [0, 0.1) is 5.92 Å². The first kappa shape index (κ1) is 21.2. The van der Waals surface area contributed by atoms with Crippen LogP contribution in [-0.4, -0.2) is 31.4 Å². The molecule has 0 aliphatic rings. The lowest BCUT2D eigenvalue weighted by Crippen LogP contribution is -2.88. The Labute approximate surface area is 152 Å². The Morgan fingerprint density at radius 1 is 0.960 bits per heavy atom. The topological polar surface area (TPSA) is 74.8 Å². The monoisotopic (exact) mass is 348 g/mol. The minimum Gasteiger partial charge on any atom is -0.355 e. The van der Waals surface area contributed by atoms with Gasteiger partial charge in [-0.1, -0.05) is 52.0 Å². The van der Waals surface area contributed by atoms with Crippen LogP contribution in [0.2, 0.25) is 0 Å². The number of amides is 2. The van der Waals surface area contributed by atoms with Crippen LogP contribution in [0.4, 0.5) is 0 Å². The second-order valence-corrected chi connectivity index (χ2v) is 6.92. The van der Waals surface area contributed by atoms with Crippen molar-refractivity contribution in [2.75, 3.05) is 19.6 Å². The van der Waals surface area contributed by atoms with E-state index in [1.807, 2.05) is 6.92 Å². The van der Waals surface area contributed by atoms with Gasteiger partial charge in [-0.05, 0) is 24.8 Å². The van der Waals surface area contributed by atoms with E-state index < -0.39 is 0 Å². The minimum atomic E-state index is -0.156. The van der Waals surface area contributed by atoms with Gasteiger partial charge in [0, 0.05) is 18.0 Å². The Morgan fingerprint density at radius 2 is 1.56 bits per heavy atom. The molecule has 0 aliphatic heterocycles. The average molecular weight is 349 g/mol. The van der Waals surface area contributed by atoms with Gasteiger partial charge in [-0.3, -0.25) is 9.59 Å². The molecule has 4 N–H and O–H groups in total. The van der Waals surface area contributed by atoms with Gasteiger partial charge < -0.3 is 16.0 Å². The molecule has 0 saturated carbocycles. The Kier molecular flexibility index (Phi) is 9.21. The number of carbonyl (C=O) groups is 2. The normalized spacial score (nSPS) is 13.4. The smallest absolute Gasteiger partial charge is 0.275 e. The van der Waals surface area contributed by atoms with Crippen LogP contribution in [0.25, 0.3) is 0 Å². The Morgan fingerprint density at radius 3 is 2.08 bits per heavy atom. The minimum absolute atomic E-state index is 0.0382. The van der Waals surface area contributed by atoms with E-state index in [9.17, 15) is 9.59 Å². The molecule has 0 fully saturated rings. The first-order valence-corrected chi connectivity index (χ1v) is 9.35. The third-order valence-electron chi connectivity index (χ3n) is 4.60. The lowest BCUT2D eigenvalue weighted by Gasteiger charge is -2.20. The molecule has 0 unspecified atom stereocenters. The molecule has 5 heteroatoms. The van der Waals surface area contributed by atoms with E-state index in [0.717, 1.165) is 6.42 Å². The highest BCUT2D eigenvalue weighted by atomic mass is 16.2. The van der Waals surface area contributed by atoms with Crippen molar-refractivity contribution in [1.82, 2.24) is 10.6 Å². The van der Waals surface area contributed by atoms with E-state index in [4.69, 9.17) is 0 Å². The number of benzene rings is 1. The number of nitrogens with one attached hydrogen (secondary N) is 2. The number of quaternary nitrogens is 1. The summed E-state index contributed by atoms with van der Waals surface area (Å²) in [4.78, 5) is 23.4. The van der Waals surface area contributed by atoms with Gasteiger partial charge in [0.15, 0.2) is 6.54 Å². The van der Waals surface area contributed by atoms with Gasteiger partial charge in [-0.15, -0.1) is 0 Å². The number of hydrogen-bond donors (Lipinski definition) is 3. The van der Waals surface area contributed by atoms with E-state index in [2.05, 4.69) is 67.9 Å². The number of nitrogens with two attached hydrogens (primary N) is 1. The lowest BCUT2D eigenvalue weighted by molar-refractivity contribution is -0.692. The fourth-order valence-corrected chi connectivity index (χ4v) is 2.82. The van der Waals surface area contributed by atoms with Crippen molar-refractivity contribution in [2.24, 2.45) is 5.92 Å². The predicted octanol–water partition coefficient (Wildman–Crippen LogP) is 1.71. The molecule has 5 nitrogen and oxygen atoms in total. The standard InChI is InChI=1S/C20H33N3O2/c1-6-15(5)16-8-10-17(11-9-16)20(14(3)4)23-13-19(25)22-12-18(24)21-7-2/h8-11,14-15,20,23H,6-7,12-13H2,1-5H3,(H,21,24)(H,22,25)/p+1/t15-,20-/m0/s1. The Balaban J connectivity index is 2.59. The van der Waals surface area contributed by atoms with Gasteiger partial charge in [0.2, 0.25) is 5.91 Å². The van der Waals surface area contributed by atoms with Crippen LogP contribution in [-0.2, 0) is 9.59 Å². The maximum Gasteiger partial charge on any atom is 0.275 e. The van der Waals surface area contributed by atoms with Crippen LogP contribution >= 0.6 is 0 Å². The molecule has 1 rings (SSSR count). The number of likely N-dealkylation sites (N-methyl/N-ethyl adjacent to an activating group) is 1. The molecular weight excluding hydrogens is 314 g/mol. The quantitative estimate of drug-likeness (QED) is 0.602. The van der Waals surface area contributed by atoms with Crippen molar-refractivity contribution in [1.29, 1.82) is 0 Å². The third-order valence-corrected chi connectivity index (χ3v) is 4.60. The zero-order valence-electron chi connectivity index (χ0n) is 16.3. The summed E-state index contributed by atoms with van der Waals surface area (Å²) in [5, 5.41) is 7.38. The zero-order valence-corrected chi connectivity index (χ0v) is 16.3. The van der Waals surface area contributed by atoms with Crippen molar-refractivity contribution in [3.8, 4) is 0 Å². The van der Waals surface area contributed by atoms with Crippen LogP contribution in [0.3, 0.4) is 0 Å². The van der Waals surface area contributed by atoms with Crippen molar-refractivity contribution in [2.45, 2.75) is 53.0 Å². The maximum absolute atomic E-state index is 12.0. The molecule has 0 radical (unpaired) electrons. The molecule has 2 amide bonds. The van der Waals surface area contributed by atoms with Crippen LogP contribution in [0.5, 0.6) is 0 Å². The van der Waals surface area contributed by atoms with Crippen molar-refractivity contribution >= 4 is 11.8 Å². The van der Waals surface area contributed by atoms with Gasteiger partial charge in [0.25, 0.3) is 5.91 Å². The summed E-state index contributed by atoms with van der Waals surface area (Å²) in [6.45, 7) is 11.5. The highest BCUT2D eigenvalue weighted by molar-refractivity contribution is 5.84. The molecule has 25 heavy (non-hydrogen) atoms. The van der Waals surface area contributed by atoms with E-state index >= 15 is 0 Å². The third kappa shape index (κ3) is 7.26. The summed E-state index contributed by atoms with van der Waals surface area (Å²) >= 11 is 0. The van der Waals surface area contributed by atoms with Crippen LogP contribution in [0.1, 0.15) is 64.1 Å². The molecule has 0 saturated heterocycles. The summed E-state index contributed by atoms with van der Waals surface area (Å²) in [5.74, 6) is 0.700. The molecule has 0 heterocycles. The van der Waals surface area contributed by atoms with Gasteiger partial charge in [0.1, 0.15) is 6.04 Å². The molecule has 0 bridgehead atoms. The largest absolute Gasteiger partial charge is 0.355 e. The molecule has 140 valence electrons. The van der Waals surface area contributed by atoms with Gasteiger partial charge in [-0.25, -0.2) is 0 Å². The van der Waals surface area contributed by atoms with Crippen molar-refractivity contribution in [3.63, 3.8) is 0 Å². The lowest BCUT2D eigenvalue weighted by atomic mass is 9.92. The van der Waals surface area contributed by atoms with Crippen LogP contribution < -0.4 is 16.0 Å². The summed E-state index contributed by atoms with van der Waals surface area (Å²) in [5.41, 5.74) is 2.59. The van der Waals surface area contributed by atoms with Gasteiger partial charge in [-0.2, -0.15) is 0 Å². The summed E-state index contributed by atoms with van der Waals surface area (Å²) in [6.07, 6.45) is 1.13. The molecule has 0 aliphatic carbocycles. The molecule has 2 atom stereocenters. The summed E-state index contributed by atoms with van der Waals surface area (Å²) < 4.78 is 0. The van der Waals surface area contributed by atoms with E-state index in [0.29, 0.717) is 24.9 Å². The van der Waals surface area contributed by atoms with Crippen molar-refractivity contribution in [3.05, 3.63) is 35.4 Å². The SMILES string of the molecule is CCNC(=O)CNC(=O)C[NH2+][C@H](c1ccc([C@@H](C)CC)cc1)C(C)C. The molecular formula is C20H34N3O2+. The first-order valence-electron chi connectivity index (χ1n) is 9.35. The average Bonchev–Trinajstić information content (AvgIpc) is 2.60. The molecule has 1 aromatic rings. The zero-order chi connectivity index (χ0) is 18.8. The first-order chi connectivity index (χ1) is 11.9. The summed E-state index contributed by atoms with van der Waals surface area (Å²) in [7, 11) is 0. The molecule has 0 spiro atoms. The Bertz CT molecular complexity index is 540. The number of hydrogen-bond acceptors (Lipinski definition) is 2. The number of rotatable bonds is 10. The van der Waals surface area contributed by atoms with E-state index in [1.165, 1.54) is 11.1 Å². The molecule has 1 aromatic carbocycles. The maximum atomic E-state index is 12.0. The number of carbonyl (C=O) groups excluding carboxylic acids is 2. The second kappa shape index (κ2) is 10.9.